The molecule has 0 fully saturated rings. The van der Waals surface area contributed by atoms with Gasteiger partial charge in [-0.25, -0.2) is 0 Å². The molecule has 8 heteroatoms. The highest BCUT2D eigenvalue weighted by molar-refractivity contribution is 9.10. The number of hydrogen-bond acceptors (Lipinski definition) is 2. The summed E-state index contributed by atoms with van der Waals surface area (Å²) in [6.45, 7) is 2.75. The largest absolute Gasteiger partial charge is 0.481 e. The number of rotatable bonds is 4. The third-order valence-electron chi connectivity index (χ3n) is 3.10. The highest BCUT2D eigenvalue weighted by Gasteiger charge is 2.31. The summed E-state index contributed by atoms with van der Waals surface area (Å²) in [6, 6.07) is 2.84. The third-order valence-corrected chi connectivity index (χ3v) is 3.80. The molecule has 0 saturated carbocycles. The van der Waals surface area contributed by atoms with E-state index in [-0.39, 0.29) is 10.2 Å². The number of hydrogen-bond donors (Lipinski definition) is 2. The van der Waals surface area contributed by atoms with E-state index in [2.05, 4.69) is 21.2 Å². The molecule has 1 aromatic rings. The van der Waals surface area contributed by atoms with Gasteiger partial charge >= 0.3 is 12.1 Å². The van der Waals surface area contributed by atoms with Crippen molar-refractivity contribution < 1.29 is 27.9 Å². The van der Waals surface area contributed by atoms with E-state index in [1.54, 1.807) is 0 Å². The Morgan fingerprint density at radius 2 is 1.81 bits per heavy atom. The lowest BCUT2D eigenvalue weighted by molar-refractivity contribution is -0.145. The standard InChI is InChI=1S/C13H13BrF3NO3/c1-6(7(2)12(20)21)11(19)18-10-5-8(13(15,16)17)3-4-9(10)14/h3-7H,1-2H3,(H,18,19)(H,20,21). The molecular formula is C13H13BrF3NO3. The Hall–Kier alpha value is -1.57. The van der Waals surface area contributed by atoms with Gasteiger partial charge in [-0.05, 0) is 34.1 Å². The number of benzene rings is 1. The number of aliphatic carboxylic acids is 1. The molecule has 116 valence electrons. The van der Waals surface area contributed by atoms with Gasteiger partial charge in [0.1, 0.15) is 0 Å². The summed E-state index contributed by atoms with van der Waals surface area (Å²) in [5, 5.41) is 11.1. The summed E-state index contributed by atoms with van der Waals surface area (Å²) in [5.41, 5.74) is -0.959. The summed E-state index contributed by atoms with van der Waals surface area (Å²) in [7, 11) is 0. The van der Waals surface area contributed by atoms with Crippen molar-refractivity contribution in [2.45, 2.75) is 20.0 Å². The summed E-state index contributed by atoms with van der Waals surface area (Å²) in [6.07, 6.45) is -4.53. The van der Waals surface area contributed by atoms with Gasteiger partial charge in [-0.2, -0.15) is 13.2 Å². The Bertz CT molecular complexity index is 560. The van der Waals surface area contributed by atoms with Gasteiger partial charge in [0.25, 0.3) is 0 Å². The molecule has 0 aliphatic rings. The van der Waals surface area contributed by atoms with Crippen LogP contribution in [0, 0.1) is 11.8 Å². The lowest BCUT2D eigenvalue weighted by atomic mass is 9.95. The van der Waals surface area contributed by atoms with Crippen molar-refractivity contribution >= 4 is 33.5 Å². The second-order valence-electron chi connectivity index (χ2n) is 4.60. The van der Waals surface area contributed by atoms with Crippen molar-refractivity contribution in [2.75, 3.05) is 5.32 Å². The minimum absolute atomic E-state index is 0.0562. The monoisotopic (exact) mass is 367 g/mol. The molecule has 21 heavy (non-hydrogen) atoms. The van der Waals surface area contributed by atoms with E-state index in [1.807, 2.05) is 0 Å². The van der Waals surface area contributed by atoms with Crippen LogP contribution in [0.25, 0.3) is 0 Å². The van der Waals surface area contributed by atoms with Gasteiger partial charge in [0.05, 0.1) is 17.2 Å². The van der Waals surface area contributed by atoms with E-state index in [0.717, 1.165) is 12.1 Å². The van der Waals surface area contributed by atoms with E-state index >= 15 is 0 Å². The first-order valence-electron chi connectivity index (χ1n) is 5.94. The van der Waals surface area contributed by atoms with Crippen molar-refractivity contribution in [3.05, 3.63) is 28.2 Å². The van der Waals surface area contributed by atoms with Crippen molar-refractivity contribution in [1.82, 2.24) is 0 Å². The van der Waals surface area contributed by atoms with Crippen LogP contribution in [0.15, 0.2) is 22.7 Å². The predicted molar refractivity (Wildman–Crippen MR) is 73.7 cm³/mol. The Morgan fingerprint density at radius 1 is 1.24 bits per heavy atom. The highest BCUT2D eigenvalue weighted by Crippen LogP contribution is 2.34. The summed E-state index contributed by atoms with van der Waals surface area (Å²) >= 11 is 3.04. The molecule has 2 N–H and O–H groups in total. The van der Waals surface area contributed by atoms with Gasteiger partial charge in [-0.1, -0.05) is 13.8 Å². The number of alkyl halides is 3. The Morgan fingerprint density at radius 3 is 2.29 bits per heavy atom. The van der Waals surface area contributed by atoms with E-state index < -0.39 is 35.5 Å². The van der Waals surface area contributed by atoms with Crippen LogP contribution in [-0.2, 0) is 15.8 Å². The van der Waals surface area contributed by atoms with Crippen LogP contribution in [0.1, 0.15) is 19.4 Å². The molecule has 1 amide bonds. The first kappa shape index (κ1) is 17.5. The molecule has 0 aliphatic heterocycles. The van der Waals surface area contributed by atoms with E-state index in [1.165, 1.54) is 19.9 Å². The highest BCUT2D eigenvalue weighted by atomic mass is 79.9. The van der Waals surface area contributed by atoms with Gasteiger partial charge < -0.3 is 10.4 Å². The number of carbonyl (C=O) groups is 2. The van der Waals surface area contributed by atoms with Gasteiger partial charge in [-0.15, -0.1) is 0 Å². The number of carboxylic acids is 1. The maximum absolute atomic E-state index is 12.6. The number of carboxylic acid groups (broad SMARTS) is 1. The molecule has 0 aromatic heterocycles. The second kappa shape index (κ2) is 6.46. The van der Waals surface area contributed by atoms with Gasteiger partial charge in [0.2, 0.25) is 5.91 Å². The first-order valence-corrected chi connectivity index (χ1v) is 6.73. The van der Waals surface area contributed by atoms with Crippen molar-refractivity contribution in [1.29, 1.82) is 0 Å². The van der Waals surface area contributed by atoms with Crippen LogP contribution in [0.4, 0.5) is 18.9 Å². The fraction of sp³-hybridized carbons (Fsp3) is 0.385. The van der Waals surface area contributed by atoms with Crippen LogP contribution in [-0.4, -0.2) is 17.0 Å². The normalized spacial score (nSPS) is 14.4. The third kappa shape index (κ3) is 4.45. The smallest absolute Gasteiger partial charge is 0.416 e. The van der Waals surface area contributed by atoms with E-state index in [4.69, 9.17) is 5.11 Å². The SMILES string of the molecule is CC(C(=O)O)C(C)C(=O)Nc1cc(C(F)(F)F)ccc1Br. The van der Waals surface area contributed by atoms with Gasteiger partial charge in [0, 0.05) is 10.4 Å². The molecule has 2 atom stereocenters. The van der Waals surface area contributed by atoms with Gasteiger partial charge in [0.15, 0.2) is 0 Å². The molecule has 0 heterocycles. The fourth-order valence-electron chi connectivity index (χ4n) is 1.48. The Balaban J connectivity index is 2.97. The molecule has 0 bridgehead atoms. The Kier molecular flexibility index (Phi) is 5.38. The number of amides is 1. The van der Waals surface area contributed by atoms with Crippen LogP contribution < -0.4 is 5.32 Å². The molecule has 2 unspecified atom stereocenters. The molecule has 4 nitrogen and oxygen atoms in total. The summed E-state index contributed by atoms with van der Waals surface area (Å²) < 4.78 is 38.1. The molecule has 0 saturated heterocycles. The zero-order valence-corrected chi connectivity index (χ0v) is 12.7. The zero-order valence-electron chi connectivity index (χ0n) is 11.2. The topological polar surface area (TPSA) is 66.4 Å². The molecule has 0 aliphatic carbocycles. The predicted octanol–water partition coefficient (Wildman–Crippen LogP) is 3.76. The number of halogens is 4. The molecule has 1 aromatic carbocycles. The molecule has 1 rings (SSSR count). The lowest BCUT2D eigenvalue weighted by Gasteiger charge is -2.17. The zero-order chi connectivity index (χ0) is 16.4. The maximum atomic E-state index is 12.6. The van der Waals surface area contributed by atoms with E-state index in [0.29, 0.717) is 0 Å². The summed E-state index contributed by atoms with van der Waals surface area (Å²) in [5.74, 6) is -3.65. The van der Waals surface area contributed by atoms with Crippen LogP contribution in [0.2, 0.25) is 0 Å². The molecular weight excluding hydrogens is 355 g/mol. The van der Waals surface area contributed by atoms with Crippen LogP contribution in [0.3, 0.4) is 0 Å². The van der Waals surface area contributed by atoms with Crippen LogP contribution >= 0.6 is 15.9 Å². The Labute approximate surface area is 127 Å². The average molecular weight is 368 g/mol. The molecule has 0 radical (unpaired) electrons. The van der Waals surface area contributed by atoms with Crippen LogP contribution in [0.5, 0.6) is 0 Å². The fourth-order valence-corrected chi connectivity index (χ4v) is 1.83. The molecule has 0 spiro atoms. The minimum atomic E-state index is -4.53. The number of anilines is 1. The number of nitrogens with one attached hydrogen (secondary N) is 1. The quantitative estimate of drug-likeness (QED) is 0.851. The van der Waals surface area contributed by atoms with E-state index in [9.17, 15) is 22.8 Å². The van der Waals surface area contributed by atoms with Crippen molar-refractivity contribution in [2.24, 2.45) is 11.8 Å². The first-order chi connectivity index (χ1) is 9.54. The average Bonchev–Trinajstić information content (AvgIpc) is 2.37. The summed E-state index contributed by atoms with van der Waals surface area (Å²) in [4.78, 5) is 22.7. The maximum Gasteiger partial charge on any atom is 0.416 e. The van der Waals surface area contributed by atoms with Crippen molar-refractivity contribution in [3.8, 4) is 0 Å². The minimum Gasteiger partial charge on any atom is -0.481 e. The van der Waals surface area contributed by atoms with Crippen molar-refractivity contribution in [3.63, 3.8) is 0 Å². The second-order valence-corrected chi connectivity index (χ2v) is 5.45. The number of carbonyl (C=O) groups excluding carboxylic acids is 1. The van der Waals surface area contributed by atoms with Gasteiger partial charge in [-0.3, -0.25) is 9.59 Å². The lowest BCUT2D eigenvalue weighted by Crippen LogP contribution is -2.30.